The van der Waals surface area contributed by atoms with Gasteiger partial charge in [-0.2, -0.15) is 0 Å². The van der Waals surface area contributed by atoms with E-state index in [2.05, 4.69) is 0 Å². The summed E-state index contributed by atoms with van der Waals surface area (Å²) in [4.78, 5) is 27.7. The van der Waals surface area contributed by atoms with Crippen molar-refractivity contribution in [1.82, 2.24) is 0 Å². The van der Waals surface area contributed by atoms with Crippen LogP contribution in [0.2, 0.25) is 19.8 Å². The summed E-state index contributed by atoms with van der Waals surface area (Å²) in [7, 11) is 0. The molecule has 0 saturated carbocycles. The van der Waals surface area contributed by atoms with Gasteiger partial charge in [-0.1, -0.05) is 0 Å². The van der Waals surface area contributed by atoms with Crippen LogP contribution in [0.15, 0.2) is 0 Å². The molecule has 76 valence electrons. The molecule has 0 unspecified atom stereocenters. The quantitative estimate of drug-likeness (QED) is 0.701. The summed E-state index contributed by atoms with van der Waals surface area (Å²) < 4.78 is 3.51. The summed E-state index contributed by atoms with van der Waals surface area (Å²) in [6.45, 7) is 0. The monoisotopic (exact) mass is 406 g/mol. The van der Waals surface area contributed by atoms with Crippen molar-refractivity contribution in [3.05, 3.63) is 0 Å². The van der Waals surface area contributed by atoms with Crippen molar-refractivity contribution in [2.75, 3.05) is 0 Å². The second-order valence-corrected chi connectivity index (χ2v) is 27.9. The molecule has 0 aliphatic rings. The van der Waals surface area contributed by atoms with Crippen LogP contribution in [0.4, 0.5) is 9.59 Å². The van der Waals surface area contributed by atoms with Gasteiger partial charge in [-0.15, -0.1) is 0 Å². The zero-order valence-electron chi connectivity index (χ0n) is 8.12. The Labute approximate surface area is 85.9 Å². The molecule has 5 nitrogen and oxygen atoms in total. The standard InChI is InChI=1S/2CHO2.4CH3.O.2Sn/c2*2-1-3;;;;;;;/h2*(H,2,3);4*1H3;;;. The third kappa shape index (κ3) is 4.02. The normalized spacial score (nSPS) is 12.6. The van der Waals surface area contributed by atoms with Gasteiger partial charge in [0.2, 0.25) is 0 Å². The molecule has 0 aliphatic heterocycles. The minimum absolute atomic E-state index is 0.930. The van der Waals surface area contributed by atoms with E-state index in [1.807, 2.05) is 0 Å². The molecule has 0 saturated heterocycles. The fourth-order valence-corrected chi connectivity index (χ4v) is 32.6. The summed E-state index contributed by atoms with van der Waals surface area (Å²) in [6.07, 6.45) is 0. The molecule has 2 N–H and O–H groups in total. The molecular formula is C6H14O5Sn2. The van der Waals surface area contributed by atoms with Crippen LogP contribution in [0.5, 0.6) is 0 Å². The number of hydrogen-bond acceptors (Lipinski definition) is 3. The van der Waals surface area contributed by atoms with Gasteiger partial charge in [0.25, 0.3) is 0 Å². The minimum atomic E-state index is -3.59. The van der Waals surface area contributed by atoms with Crippen molar-refractivity contribution in [1.29, 1.82) is 0 Å². The molecule has 0 rings (SSSR count). The summed E-state index contributed by atoms with van der Waals surface area (Å²) in [6, 6.07) is 0. The Balaban J connectivity index is 4.61. The van der Waals surface area contributed by atoms with Crippen LogP contribution >= 0.6 is 0 Å². The first-order valence-corrected chi connectivity index (χ1v) is 20.4. The van der Waals surface area contributed by atoms with Gasteiger partial charge in [0.05, 0.1) is 0 Å². The van der Waals surface area contributed by atoms with Gasteiger partial charge < -0.3 is 0 Å². The zero-order valence-corrected chi connectivity index (χ0v) is 13.8. The van der Waals surface area contributed by atoms with E-state index in [1.54, 1.807) is 19.8 Å². The van der Waals surface area contributed by atoms with Crippen molar-refractivity contribution in [3.63, 3.8) is 0 Å². The van der Waals surface area contributed by atoms with Crippen LogP contribution in [-0.2, 0) is 1.41 Å². The second kappa shape index (κ2) is 4.35. The zero-order chi connectivity index (χ0) is 10.9. The Morgan fingerprint density at radius 3 is 1.31 bits per heavy atom. The van der Waals surface area contributed by atoms with Crippen LogP contribution in [0.1, 0.15) is 0 Å². The van der Waals surface area contributed by atoms with E-state index < -0.39 is 45.6 Å². The molecular weight excluding hydrogens is 389 g/mol. The van der Waals surface area contributed by atoms with Gasteiger partial charge in [0, 0.05) is 0 Å². The first kappa shape index (κ1) is 13.5. The first-order valence-electron chi connectivity index (χ1n) is 3.76. The maximum absolute atomic E-state index is 10.7. The molecule has 13 heavy (non-hydrogen) atoms. The van der Waals surface area contributed by atoms with Gasteiger partial charge in [-0.3, -0.25) is 0 Å². The number of rotatable bonds is 4. The molecule has 0 spiro atoms. The molecule has 0 radical (unpaired) electrons. The number of carboxylic acid groups (broad SMARTS) is 2. The van der Waals surface area contributed by atoms with Gasteiger partial charge in [-0.25, -0.2) is 0 Å². The van der Waals surface area contributed by atoms with Crippen LogP contribution in [0, 0.1) is 0 Å². The molecule has 0 aromatic rings. The summed E-state index contributed by atoms with van der Waals surface area (Å²) in [5, 5.41) is 17.6. The molecule has 0 heterocycles. The Kier molecular flexibility index (Phi) is 4.51. The Morgan fingerprint density at radius 2 is 1.15 bits per heavy atom. The van der Waals surface area contributed by atoms with E-state index in [-0.39, 0.29) is 0 Å². The van der Waals surface area contributed by atoms with Gasteiger partial charge >= 0.3 is 86.5 Å². The maximum atomic E-state index is 10.7. The van der Waals surface area contributed by atoms with Gasteiger partial charge in [0.1, 0.15) is 0 Å². The van der Waals surface area contributed by atoms with Gasteiger partial charge in [0.15, 0.2) is 0 Å². The Morgan fingerprint density at radius 1 is 0.923 bits per heavy atom. The third-order valence-corrected chi connectivity index (χ3v) is 29.9. The predicted octanol–water partition coefficient (Wildman–Crippen LogP) is 1.93. The van der Waals surface area contributed by atoms with Crippen LogP contribution in [-0.4, -0.2) is 55.8 Å². The average Bonchev–Trinajstić information content (AvgIpc) is 1.83. The first-order chi connectivity index (χ1) is 5.59. The summed E-state index contributed by atoms with van der Waals surface area (Å²) in [5.74, 6) is 0. The van der Waals surface area contributed by atoms with Crippen molar-refractivity contribution in [2.45, 2.75) is 19.8 Å². The van der Waals surface area contributed by atoms with Crippen molar-refractivity contribution in [2.24, 2.45) is 0 Å². The average molecular weight is 404 g/mol. The van der Waals surface area contributed by atoms with Crippen LogP contribution in [0.3, 0.4) is 0 Å². The molecule has 0 bridgehead atoms. The van der Waals surface area contributed by atoms with Crippen LogP contribution in [0.25, 0.3) is 0 Å². The molecule has 0 aromatic heterocycles. The van der Waals surface area contributed by atoms with E-state index >= 15 is 0 Å². The van der Waals surface area contributed by atoms with Crippen molar-refractivity contribution < 1.29 is 21.2 Å². The Hall–Kier alpha value is 0.497. The number of hydrogen-bond donors (Lipinski definition) is 2. The number of carbonyl (C=O) groups is 2. The predicted molar refractivity (Wildman–Crippen MR) is 52.1 cm³/mol. The molecule has 0 amide bonds. The molecule has 7 heteroatoms. The van der Waals surface area contributed by atoms with Crippen molar-refractivity contribution >= 4 is 45.6 Å². The topological polar surface area (TPSA) is 83.8 Å². The SMILES string of the molecule is [CH3][Sn]([CH3])([O][Sn]([CH3])([CH3])[C](=O)O)[C](=O)O. The summed E-state index contributed by atoms with van der Waals surface area (Å²) >= 11 is -7.18. The molecule has 0 atom stereocenters. The van der Waals surface area contributed by atoms with E-state index in [1.165, 1.54) is 0 Å². The second-order valence-electron chi connectivity index (χ2n) is 3.73. The third-order valence-electron chi connectivity index (χ3n) is 1.54. The van der Waals surface area contributed by atoms with Crippen LogP contribution < -0.4 is 0 Å². The van der Waals surface area contributed by atoms with E-state index in [0.717, 1.165) is 0 Å². The van der Waals surface area contributed by atoms with E-state index in [0.29, 0.717) is 0 Å². The molecule has 0 aliphatic carbocycles. The fraction of sp³-hybridized carbons (Fsp3) is 0.667. The fourth-order valence-electron chi connectivity index (χ4n) is 0.725. The van der Waals surface area contributed by atoms with E-state index in [4.69, 9.17) is 11.6 Å². The van der Waals surface area contributed by atoms with Crippen molar-refractivity contribution in [3.8, 4) is 0 Å². The Bertz CT molecular complexity index is 211. The molecule has 0 fully saturated rings. The molecule has 0 aromatic carbocycles. The summed E-state index contributed by atoms with van der Waals surface area (Å²) in [5.41, 5.74) is 0. The van der Waals surface area contributed by atoms with Gasteiger partial charge in [-0.05, 0) is 0 Å². The van der Waals surface area contributed by atoms with E-state index in [9.17, 15) is 9.59 Å².